The molecule has 2 amide bonds. The summed E-state index contributed by atoms with van der Waals surface area (Å²) < 4.78 is 34.9. The summed E-state index contributed by atoms with van der Waals surface area (Å²) in [6.45, 7) is 3.79. The van der Waals surface area contributed by atoms with Crippen molar-refractivity contribution < 1.29 is 71.9 Å². The van der Waals surface area contributed by atoms with Crippen LogP contribution in [0.5, 0.6) is 5.75 Å². The minimum atomic E-state index is -4.12. The van der Waals surface area contributed by atoms with E-state index < -0.39 is 43.4 Å². The molecule has 1 saturated heterocycles. The molecule has 2 heterocycles. The SMILES string of the molecule is CCCCOP(=O)(OCCCC)OC1=C(C(=O)[O-])N2C(=O)[C@@H](NC(=O)COc3ccccc3)[C@H]2CC1.[Na+]. The largest absolute Gasteiger partial charge is 1.00 e. The van der Waals surface area contributed by atoms with Gasteiger partial charge in [-0.1, -0.05) is 44.9 Å². The Labute approximate surface area is 238 Å². The van der Waals surface area contributed by atoms with Crippen molar-refractivity contribution in [1.29, 1.82) is 0 Å². The number of hydrogen-bond donors (Lipinski definition) is 1. The van der Waals surface area contributed by atoms with Gasteiger partial charge in [0.05, 0.1) is 25.2 Å². The first kappa shape index (κ1) is 31.3. The van der Waals surface area contributed by atoms with E-state index in [-0.39, 0.29) is 68.0 Å². The molecule has 0 bridgehead atoms. The van der Waals surface area contributed by atoms with Crippen molar-refractivity contribution in [3.8, 4) is 5.75 Å². The molecular weight excluding hydrogens is 514 g/mol. The van der Waals surface area contributed by atoms with Gasteiger partial charge in [0.2, 0.25) is 0 Å². The van der Waals surface area contributed by atoms with Gasteiger partial charge in [-0.25, -0.2) is 4.57 Å². The fourth-order valence-electron chi connectivity index (χ4n) is 3.85. The van der Waals surface area contributed by atoms with Crippen LogP contribution >= 0.6 is 7.82 Å². The van der Waals surface area contributed by atoms with Gasteiger partial charge in [0.1, 0.15) is 23.2 Å². The maximum Gasteiger partial charge on any atom is 1.00 e. The number of fused-ring (bicyclic) bond motifs is 1. The number of nitrogens with one attached hydrogen (secondary N) is 1. The zero-order valence-corrected chi connectivity index (χ0v) is 24.4. The molecule has 0 aliphatic carbocycles. The number of benzene rings is 1. The average Bonchev–Trinajstić information content (AvgIpc) is 2.86. The summed E-state index contributed by atoms with van der Waals surface area (Å²) in [5.41, 5.74) is -0.527. The molecule has 0 saturated carbocycles. The van der Waals surface area contributed by atoms with Gasteiger partial charge in [-0.15, -0.1) is 0 Å². The summed E-state index contributed by atoms with van der Waals surface area (Å²) in [6, 6.07) is 7.20. The number of phosphoric acid groups is 1. The molecule has 37 heavy (non-hydrogen) atoms. The maximum absolute atomic E-state index is 13.2. The van der Waals surface area contributed by atoms with Crippen molar-refractivity contribution in [2.45, 2.75) is 64.5 Å². The number of carboxylic acid groups (broad SMARTS) is 1. The molecule has 1 aromatic rings. The third-order valence-corrected chi connectivity index (χ3v) is 7.17. The van der Waals surface area contributed by atoms with Gasteiger partial charge in [-0.05, 0) is 31.4 Å². The molecule has 0 spiro atoms. The minimum Gasteiger partial charge on any atom is -0.543 e. The van der Waals surface area contributed by atoms with Crippen molar-refractivity contribution in [3.05, 3.63) is 41.8 Å². The Hall–Kier alpha value is -1.88. The number of carbonyl (C=O) groups excluding carboxylic acids is 3. The average molecular weight is 546 g/mol. The van der Waals surface area contributed by atoms with E-state index in [2.05, 4.69) is 5.32 Å². The number of β-lactam (4-membered cyclic amide) rings is 1. The maximum atomic E-state index is 13.2. The van der Waals surface area contributed by atoms with Gasteiger partial charge >= 0.3 is 37.4 Å². The number of nitrogens with zero attached hydrogens (tertiary/aromatic N) is 1. The fraction of sp³-hybridized carbons (Fsp3) is 0.542. The van der Waals surface area contributed by atoms with Gasteiger partial charge in [0, 0.05) is 6.42 Å². The van der Waals surface area contributed by atoms with Crippen LogP contribution < -0.4 is 44.7 Å². The molecule has 13 heteroatoms. The van der Waals surface area contributed by atoms with E-state index in [4.69, 9.17) is 18.3 Å². The smallest absolute Gasteiger partial charge is 0.543 e. The number of phosphoric ester groups is 1. The number of hydrogen-bond acceptors (Lipinski definition) is 9. The number of aliphatic carboxylic acids is 1. The number of allylic oxidation sites excluding steroid dienone is 1. The normalized spacial score (nSPS) is 18.9. The van der Waals surface area contributed by atoms with Gasteiger partial charge in [0.25, 0.3) is 11.8 Å². The van der Waals surface area contributed by atoms with E-state index in [1.807, 2.05) is 19.9 Å². The predicted octanol–water partition coefficient (Wildman–Crippen LogP) is -0.722. The quantitative estimate of drug-likeness (QED) is 0.130. The van der Waals surface area contributed by atoms with E-state index in [0.29, 0.717) is 18.6 Å². The van der Waals surface area contributed by atoms with Crippen molar-refractivity contribution in [1.82, 2.24) is 10.2 Å². The molecule has 11 nitrogen and oxygen atoms in total. The van der Waals surface area contributed by atoms with Gasteiger partial charge in [0.15, 0.2) is 6.61 Å². The third kappa shape index (κ3) is 8.30. The van der Waals surface area contributed by atoms with Crippen LogP contribution in [-0.4, -0.2) is 54.6 Å². The second kappa shape index (κ2) is 14.9. The molecule has 0 aromatic heterocycles. The van der Waals surface area contributed by atoms with Crippen molar-refractivity contribution in [2.24, 2.45) is 0 Å². The summed E-state index contributed by atoms with van der Waals surface area (Å²) in [4.78, 5) is 38.1. The van der Waals surface area contributed by atoms with Gasteiger partial charge < -0.3 is 29.4 Å². The molecule has 1 aromatic carbocycles. The van der Waals surface area contributed by atoms with Crippen molar-refractivity contribution in [2.75, 3.05) is 19.8 Å². The number of unbranched alkanes of at least 4 members (excludes halogenated alkanes) is 2. The Balaban J connectivity index is 0.00000481. The summed E-state index contributed by atoms with van der Waals surface area (Å²) in [7, 11) is -4.12. The first-order valence-electron chi connectivity index (χ1n) is 12.1. The topological polar surface area (TPSA) is 144 Å². The number of rotatable bonds is 15. The number of carboxylic acids is 1. The van der Waals surface area contributed by atoms with Gasteiger partial charge in [-0.2, -0.15) is 0 Å². The second-order valence-corrected chi connectivity index (χ2v) is 10.0. The first-order chi connectivity index (χ1) is 17.3. The predicted molar refractivity (Wildman–Crippen MR) is 126 cm³/mol. The Bertz CT molecular complexity index is 1010. The van der Waals surface area contributed by atoms with Crippen LogP contribution in [0.4, 0.5) is 0 Å². The van der Waals surface area contributed by atoms with E-state index in [9.17, 15) is 24.1 Å². The van der Waals surface area contributed by atoms with Crippen LogP contribution in [0, 0.1) is 0 Å². The number of carbonyl (C=O) groups is 3. The Morgan fingerprint density at radius 1 is 1.11 bits per heavy atom. The van der Waals surface area contributed by atoms with E-state index in [0.717, 1.165) is 17.7 Å². The molecule has 198 valence electrons. The molecule has 2 aliphatic rings. The summed E-state index contributed by atoms with van der Waals surface area (Å²) in [5, 5.41) is 14.6. The van der Waals surface area contributed by atoms with Crippen LogP contribution in [0.2, 0.25) is 0 Å². The van der Waals surface area contributed by atoms with Crippen LogP contribution in [0.25, 0.3) is 0 Å². The summed E-state index contributed by atoms with van der Waals surface area (Å²) >= 11 is 0. The van der Waals surface area contributed by atoms with E-state index in [1.165, 1.54) is 0 Å². The molecule has 3 rings (SSSR count). The molecular formula is C24H32N2NaO9P. The van der Waals surface area contributed by atoms with Crippen molar-refractivity contribution >= 4 is 25.6 Å². The molecule has 2 aliphatic heterocycles. The molecule has 0 unspecified atom stereocenters. The van der Waals surface area contributed by atoms with Crippen LogP contribution in [-0.2, 0) is 32.5 Å². The Morgan fingerprint density at radius 3 is 2.30 bits per heavy atom. The molecule has 0 radical (unpaired) electrons. The molecule has 1 N–H and O–H groups in total. The van der Waals surface area contributed by atoms with Crippen LogP contribution in [0.1, 0.15) is 52.4 Å². The molecule has 1 fully saturated rings. The van der Waals surface area contributed by atoms with Crippen LogP contribution in [0.3, 0.4) is 0 Å². The Kier molecular flexibility index (Phi) is 12.6. The van der Waals surface area contributed by atoms with Crippen LogP contribution in [0.15, 0.2) is 41.8 Å². The monoisotopic (exact) mass is 546 g/mol. The fourth-order valence-corrected chi connectivity index (χ4v) is 5.19. The van der Waals surface area contributed by atoms with Crippen molar-refractivity contribution in [3.63, 3.8) is 0 Å². The number of amides is 2. The summed E-state index contributed by atoms with van der Waals surface area (Å²) in [5.74, 6) is -2.51. The standard InChI is InChI=1S/C24H33N2O9P.Na/c1-3-5-14-33-36(31,34-15-6-4-2)35-19-13-12-18-21(23(28)26(18)22(19)24(29)30)25-20(27)16-32-17-10-8-7-9-11-17;/h7-11,18,21H,3-6,12-16H2,1-2H3,(H,25,27)(H,29,30);/q;+1/p-1/t18-,21+;/m1./s1. The van der Waals surface area contributed by atoms with Gasteiger partial charge in [-0.3, -0.25) is 18.6 Å². The number of para-hydroxylation sites is 1. The zero-order chi connectivity index (χ0) is 26.1. The third-order valence-electron chi connectivity index (χ3n) is 5.73. The van der Waals surface area contributed by atoms with E-state index >= 15 is 0 Å². The zero-order valence-electron chi connectivity index (χ0n) is 21.5. The number of ether oxygens (including phenoxy) is 1. The Morgan fingerprint density at radius 2 is 1.73 bits per heavy atom. The second-order valence-electron chi connectivity index (χ2n) is 8.43. The minimum absolute atomic E-state index is 0. The molecule has 2 atom stereocenters. The van der Waals surface area contributed by atoms with E-state index in [1.54, 1.807) is 24.3 Å². The summed E-state index contributed by atoms with van der Waals surface area (Å²) in [6.07, 6.45) is 3.11. The first-order valence-corrected chi connectivity index (χ1v) is 13.6.